The molecule has 0 aromatic carbocycles. The highest BCUT2D eigenvalue weighted by Crippen LogP contribution is 2.33. The average Bonchev–Trinajstić information content (AvgIpc) is 2.61. The Morgan fingerprint density at radius 2 is 2.35 bits per heavy atom. The lowest BCUT2D eigenvalue weighted by atomic mass is 10.0. The fraction of sp³-hybridized carbons (Fsp3) is 0.615. The maximum absolute atomic E-state index is 10.2. The van der Waals surface area contributed by atoms with E-state index in [9.17, 15) is 5.11 Å². The Morgan fingerprint density at radius 1 is 1.59 bits per heavy atom. The fourth-order valence-electron chi connectivity index (χ4n) is 2.31. The van der Waals surface area contributed by atoms with E-state index in [-0.39, 0.29) is 6.10 Å². The van der Waals surface area contributed by atoms with Crippen molar-refractivity contribution in [3.8, 4) is 5.75 Å². The highest BCUT2D eigenvalue weighted by Gasteiger charge is 2.38. The van der Waals surface area contributed by atoms with Crippen molar-refractivity contribution in [1.29, 1.82) is 0 Å². The van der Waals surface area contributed by atoms with Crippen molar-refractivity contribution in [3.63, 3.8) is 0 Å². The van der Waals surface area contributed by atoms with Crippen molar-refractivity contribution >= 4 is 0 Å². The van der Waals surface area contributed by atoms with E-state index in [0.717, 1.165) is 30.7 Å². The molecule has 3 N–H and O–H groups in total. The average molecular weight is 236 g/mol. The first-order chi connectivity index (χ1) is 8.03. The summed E-state index contributed by atoms with van der Waals surface area (Å²) < 4.78 is 5.88. The molecule has 1 fully saturated rings. The minimum atomic E-state index is -0.739. The minimum Gasteiger partial charge on any atom is -0.485 e. The first kappa shape index (κ1) is 12.3. The summed E-state index contributed by atoms with van der Waals surface area (Å²) in [4.78, 5) is 4.35. The molecule has 2 atom stereocenters. The molecule has 0 saturated heterocycles. The largest absolute Gasteiger partial charge is 0.485 e. The van der Waals surface area contributed by atoms with Gasteiger partial charge in [-0.1, -0.05) is 0 Å². The van der Waals surface area contributed by atoms with Crippen LogP contribution in [-0.2, 0) is 6.54 Å². The van der Waals surface area contributed by atoms with E-state index in [4.69, 9.17) is 10.5 Å². The van der Waals surface area contributed by atoms with Crippen LogP contribution < -0.4 is 10.5 Å². The summed E-state index contributed by atoms with van der Waals surface area (Å²) in [5.41, 5.74) is 6.60. The molecule has 94 valence electrons. The predicted molar refractivity (Wildman–Crippen MR) is 65.8 cm³/mol. The Kier molecular flexibility index (Phi) is 3.35. The maximum atomic E-state index is 10.2. The zero-order valence-electron chi connectivity index (χ0n) is 10.4. The third kappa shape index (κ3) is 2.58. The molecule has 4 nitrogen and oxygen atoms in total. The van der Waals surface area contributed by atoms with Crippen LogP contribution >= 0.6 is 0 Å². The van der Waals surface area contributed by atoms with E-state index in [1.54, 1.807) is 0 Å². The summed E-state index contributed by atoms with van der Waals surface area (Å²) in [7, 11) is 0. The molecule has 0 spiro atoms. The van der Waals surface area contributed by atoms with Gasteiger partial charge >= 0.3 is 0 Å². The first-order valence-corrected chi connectivity index (χ1v) is 6.08. The molecule has 2 unspecified atom stereocenters. The van der Waals surface area contributed by atoms with Crippen LogP contribution in [0.1, 0.15) is 37.6 Å². The molecular weight excluding hydrogens is 216 g/mol. The Morgan fingerprint density at radius 3 is 2.94 bits per heavy atom. The summed E-state index contributed by atoms with van der Waals surface area (Å²) in [5.74, 6) is 0.699. The minimum absolute atomic E-state index is 0.155. The highest BCUT2D eigenvalue weighted by atomic mass is 16.5. The second-order valence-corrected chi connectivity index (χ2v) is 4.96. The Balaban J connectivity index is 2.18. The van der Waals surface area contributed by atoms with E-state index in [0.29, 0.717) is 12.3 Å². The lowest BCUT2D eigenvalue weighted by Gasteiger charge is -2.27. The van der Waals surface area contributed by atoms with Crippen molar-refractivity contribution < 1.29 is 9.84 Å². The van der Waals surface area contributed by atoms with Crippen molar-refractivity contribution in [2.45, 2.75) is 51.4 Å². The van der Waals surface area contributed by atoms with Crippen LogP contribution in [-0.4, -0.2) is 21.8 Å². The van der Waals surface area contributed by atoms with Gasteiger partial charge < -0.3 is 15.6 Å². The standard InChI is InChI=1S/C13H20N2O2/c1-9-5-6-11(10(8-14)15-9)17-12-4-3-7-13(12,2)16/h5-6,12,16H,3-4,7-8,14H2,1-2H3. The molecule has 1 aliphatic rings. The molecule has 17 heavy (non-hydrogen) atoms. The van der Waals surface area contributed by atoms with Crippen molar-refractivity contribution in [2.24, 2.45) is 5.73 Å². The summed E-state index contributed by atoms with van der Waals surface area (Å²) in [6, 6.07) is 3.79. The lowest BCUT2D eigenvalue weighted by Crippen LogP contribution is -2.38. The van der Waals surface area contributed by atoms with Crippen molar-refractivity contribution in [2.75, 3.05) is 0 Å². The summed E-state index contributed by atoms with van der Waals surface area (Å²) in [6.45, 7) is 4.11. The van der Waals surface area contributed by atoms with E-state index < -0.39 is 5.60 Å². The van der Waals surface area contributed by atoms with Crippen molar-refractivity contribution in [3.05, 3.63) is 23.5 Å². The predicted octanol–water partition coefficient (Wildman–Crippen LogP) is 1.53. The topological polar surface area (TPSA) is 68.4 Å². The second kappa shape index (κ2) is 4.63. The van der Waals surface area contributed by atoms with Gasteiger partial charge in [0.15, 0.2) is 0 Å². The lowest BCUT2D eigenvalue weighted by molar-refractivity contribution is -0.0257. The normalized spacial score (nSPS) is 28.4. The smallest absolute Gasteiger partial charge is 0.142 e. The number of hydrogen-bond donors (Lipinski definition) is 2. The molecule has 0 amide bonds. The Hall–Kier alpha value is -1.13. The van der Waals surface area contributed by atoms with Crippen LogP contribution in [0, 0.1) is 6.92 Å². The van der Waals surface area contributed by atoms with Gasteiger partial charge in [0.2, 0.25) is 0 Å². The van der Waals surface area contributed by atoms with Gasteiger partial charge in [0.05, 0.1) is 11.3 Å². The van der Waals surface area contributed by atoms with Gasteiger partial charge in [0, 0.05) is 12.2 Å². The fourth-order valence-corrected chi connectivity index (χ4v) is 2.31. The summed E-state index contributed by atoms with van der Waals surface area (Å²) in [6.07, 6.45) is 2.51. The highest BCUT2D eigenvalue weighted by molar-refractivity contribution is 5.29. The molecule has 0 bridgehead atoms. The number of ether oxygens (including phenoxy) is 1. The number of nitrogens with two attached hydrogens (primary N) is 1. The van der Waals surface area contributed by atoms with Crippen LogP contribution in [0.4, 0.5) is 0 Å². The van der Waals surface area contributed by atoms with Crippen LogP contribution in [0.25, 0.3) is 0 Å². The molecular formula is C13H20N2O2. The van der Waals surface area contributed by atoms with Gasteiger partial charge in [-0.3, -0.25) is 4.98 Å². The van der Waals surface area contributed by atoms with Gasteiger partial charge in [-0.25, -0.2) is 0 Å². The van der Waals surface area contributed by atoms with E-state index in [1.165, 1.54) is 0 Å². The Labute approximate surface area is 102 Å². The molecule has 1 aromatic heterocycles. The summed E-state index contributed by atoms with van der Waals surface area (Å²) in [5, 5.41) is 10.2. The Bertz CT molecular complexity index is 404. The third-order valence-corrected chi connectivity index (χ3v) is 3.38. The molecule has 1 aromatic rings. The van der Waals surface area contributed by atoms with Gasteiger partial charge in [-0.05, 0) is 45.2 Å². The molecule has 0 radical (unpaired) electrons. The SMILES string of the molecule is Cc1ccc(OC2CCCC2(C)O)c(CN)n1. The molecule has 1 aliphatic carbocycles. The molecule has 1 saturated carbocycles. The zero-order chi connectivity index (χ0) is 12.5. The van der Waals surface area contributed by atoms with Gasteiger partial charge in [0.25, 0.3) is 0 Å². The van der Waals surface area contributed by atoms with E-state index >= 15 is 0 Å². The molecule has 2 rings (SSSR count). The monoisotopic (exact) mass is 236 g/mol. The number of nitrogens with zero attached hydrogens (tertiary/aromatic N) is 1. The number of rotatable bonds is 3. The van der Waals surface area contributed by atoms with Crippen LogP contribution in [0.5, 0.6) is 5.75 Å². The number of pyridine rings is 1. The number of aliphatic hydroxyl groups is 1. The third-order valence-electron chi connectivity index (χ3n) is 3.38. The second-order valence-electron chi connectivity index (χ2n) is 4.96. The number of aromatic nitrogens is 1. The van der Waals surface area contributed by atoms with Crippen LogP contribution in [0.15, 0.2) is 12.1 Å². The van der Waals surface area contributed by atoms with Crippen LogP contribution in [0.3, 0.4) is 0 Å². The number of hydrogen-bond acceptors (Lipinski definition) is 4. The van der Waals surface area contributed by atoms with Gasteiger partial charge in [0.1, 0.15) is 11.9 Å². The van der Waals surface area contributed by atoms with Crippen LogP contribution in [0.2, 0.25) is 0 Å². The van der Waals surface area contributed by atoms with E-state index in [1.807, 2.05) is 26.0 Å². The summed E-state index contributed by atoms with van der Waals surface area (Å²) >= 11 is 0. The van der Waals surface area contributed by atoms with Gasteiger partial charge in [-0.2, -0.15) is 0 Å². The molecule has 0 aliphatic heterocycles. The molecule has 1 heterocycles. The zero-order valence-corrected chi connectivity index (χ0v) is 10.4. The number of aryl methyl sites for hydroxylation is 1. The maximum Gasteiger partial charge on any atom is 0.142 e. The van der Waals surface area contributed by atoms with E-state index in [2.05, 4.69) is 4.98 Å². The van der Waals surface area contributed by atoms with Crippen molar-refractivity contribution in [1.82, 2.24) is 4.98 Å². The quantitative estimate of drug-likeness (QED) is 0.835. The first-order valence-electron chi connectivity index (χ1n) is 6.08. The van der Waals surface area contributed by atoms with Gasteiger partial charge in [-0.15, -0.1) is 0 Å². The molecule has 4 heteroatoms.